The number of nitrogens with one attached hydrogen (secondary N) is 1. The maximum Gasteiger partial charge on any atom is 0.307 e. The van der Waals surface area contributed by atoms with Crippen molar-refractivity contribution in [3.63, 3.8) is 0 Å². The summed E-state index contributed by atoms with van der Waals surface area (Å²) in [5, 5.41) is 10.2. The molecule has 0 saturated heterocycles. The summed E-state index contributed by atoms with van der Waals surface area (Å²) in [6.07, 6.45) is -0.0724. The zero-order chi connectivity index (χ0) is 15.9. The average Bonchev–Trinajstić information content (AvgIpc) is 2.84. The lowest BCUT2D eigenvalue weighted by atomic mass is 9.98. The summed E-state index contributed by atoms with van der Waals surface area (Å²) in [5.41, 5.74) is 5.30. The van der Waals surface area contributed by atoms with Crippen LogP contribution in [0.4, 0.5) is 4.39 Å². The van der Waals surface area contributed by atoms with Crippen LogP contribution in [-0.4, -0.2) is 16.1 Å². The van der Waals surface area contributed by atoms with Crippen molar-refractivity contribution in [1.29, 1.82) is 0 Å². The fourth-order valence-electron chi connectivity index (χ4n) is 2.88. The van der Waals surface area contributed by atoms with E-state index in [4.69, 9.17) is 0 Å². The number of hydrogen-bond acceptors (Lipinski definition) is 1. The Morgan fingerprint density at radius 3 is 2.36 bits per heavy atom. The van der Waals surface area contributed by atoms with Crippen molar-refractivity contribution in [2.45, 2.75) is 20.3 Å². The van der Waals surface area contributed by atoms with Crippen molar-refractivity contribution in [2.75, 3.05) is 0 Å². The molecule has 0 unspecified atom stereocenters. The van der Waals surface area contributed by atoms with E-state index < -0.39 is 5.97 Å². The average molecular weight is 297 g/mol. The van der Waals surface area contributed by atoms with E-state index in [0.29, 0.717) is 0 Å². The Kier molecular flexibility index (Phi) is 3.45. The normalized spacial score (nSPS) is 11.0. The van der Waals surface area contributed by atoms with Crippen molar-refractivity contribution >= 4 is 16.9 Å². The molecule has 3 aromatic rings. The van der Waals surface area contributed by atoms with Crippen LogP contribution in [0.15, 0.2) is 36.4 Å². The number of rotatable bonds is 3. The van der Waals surface area contributed by atoms with Crippen LogP contribution in [0.2, 0.25) is 0 Å². The van der Waals surface area contributed by atoms with Crippen molar-refractivity contribution in [3.8, 4) is 11.3 Å². The number of H-pyrrole nitrogens is 1. The van der Waals surface area contributed by atoms with E-state index in [-0.39, 0.29) is 12.2 Å². The molecule has 0 amide bonds. The highest BCUT2D eigenvalue weighted by atomic mass is 19.1. The predicted molar refractivity (Wildman–Crippen MR) is 84.5 cm³/mol. The molecule has 112 valence electrons. The molecule has 0 radical (unpaired) electrons. The van der Waals surface area contributed by atoms with E-state index in [9.17, 15) is 14.3 Å². The molecule has 1 aromatic heterocycles. The van der Waals surface area contributed by atoms with Crippen LogP contribution < -0.4 is 0 Å². The molecule has 0 bridgehead atoms. The number of halogens is 1. The number of aryl methyl sites for hydroxylation is 2. The molecule has 0 atom stereocenters. The first-order valence-electron chi connectivity index (χ1n) is 7.06. The Balaban J connectivity index is 2.33. The smallest absolute Gasteiger partial charge is 0.307 e. The Bertz CT molecular complexity index is 863. The Labute approximate surface area is 127 Å². The first kappa shape index (κ1) is 14.3. The second kappa shape index (κ2) is 5.30. The van der Waals surface area contributed by atoms with Gasteiger partial charge in [-0.15, -0.1) is 0 Å². The molecule has 0 spiro atoms. The molecule has 3 nitrogen and oxygen atoms in total. The first-order valence-corrected chi connectivity index (χ1v) is 7.06. The highest BCUT2D eigenvalue weighted by Crippen LogP contribution is 2.34. The zero-order valence-electron chi connectivity index (χ0n) is 12.4. The molecule has 0 aliphatic heterocycles. The van der Waals surface area contributed by atoms with Gasteiger partial charge in [-0.1, -0.05) is 12.1 Å². The van der Waals surface area contributed by atoms with Crippen molar-refractivity contribution in [3.05, 3.63) is 58.9 Å². The molecular weight excluding hydrogens is 281 g/mol. The van der Waals surface area contributed by atoms with Gasteiger partial charge in [0.25, 0.3) is 0 Å². The zero-order valence-corrected chi connectivity index (χ0v) is 12.4. The van der Waals surface area contributed by atoms with Gasteiger partial charge in [-0.3, -0.25) is 4.79 Å². The topological polar surface area (TPSA) is 53.1 Å². The van der Waals surface area contributed by atoms with Crippen LogP contribution in [0.25, 0.3) is 22.2 Å². The van der Waals surface area contributed by atoms with Gasteiger partial charge >= 0.3 is 5.97 Å². The van der Waals surface area contributed by atoms with E-state index in [0.717, 1.165) is 38.9 Å². The summed E-state index contributed by atoms with van der Waals surface area (Å²) in [6, 6.07) is 10.1. The third kappa shape index (κ3) is 2.37. The summed E-state index contributed by atoms with van der Waals surface area (Å²) in [5.74, 6) is -1.20. The number of aromatic amines is 1. The molecule has 22 heavy (non-hydrogen) atoms. The molecule has 4 heteroatoms. The summed E-state index contributed by atoms with van der Waals surface area (Å²) in [7, 11) is 0. The first-order chi connectivity index (χ1) is 10.5. The maximum atomic E-state index is 13.1. The number of carbonyl (C=O) groups is 1. The van der Waals surface area contributed by atoms with Crippen LogP contribution in [0.1, 0.15) is 16.7 Å². The lowest BCUT2D eigenvalue weighted by Gasteiger charge is -2.04. The van der Waals surface area contributed by atoms with Gasteiger partial charge in [-0.25, -0.2) is 4.39 Å². The standard InChI is InChI=1S/C18H16FNO2/c1-10-3-4-11(2)17-16(10)14(9-15(21)22)18(20-17)12-5-7-13(19)8-6-12/h3-8,20H,9H2,1-2H3,(H,21,22). The van der Waals surface area contributed by atoms with Crippen LogP contribution in [0, 0.1) is 19.7 Å². The minimum absolute atomic E-state index is 0.0724. The molecule has 0 aliphatic rings. The van der Waals surface area contributed by atoms with Gasteiger partial charge in [0.1, 0.15) is 5.82 Å². The molecule has 0 fully saturated rings. The minimum atomic E-state index is -0.884. The van der Waals surface area contributed by atoms with Gasteiger partial charge in [0.15, 0.2) is 0 Å². The molecule has 2 N–H and O–H groups in total. The summed E-state index contributed by atoms with van der Waals surface area (Å²) < 4.78 is 13.1. The molecular formula is C18H16FNO2. The highest BCUT2D eigenvalue weighted by molar-refractivity contribution is 5.97. The molecule has 0 saturated carbocycles. The number of benzene rings is 2. The highest BCUT2D eigenvalue weighted by Gasteiger charge is 2.18. The largest absolute Gasteiger partial charge is 0.481 e. The fraction of sp³-hybridized carbons (Fsp3) is 0.167. The van der Waals surface area contributed by atoms with Crippen LogP contribution in [0.5, 0.6) is 0 Å². The number of fused-ring (bicyclic) bond motifs is 1. The lowest BCUT2D eigenvalue weighted by Crippen LogP contribution is -2.01. The predicted octanol–water partition coefficient (Wildman–Crippen LogP) is 4.22. The monoisotopic (exact) mass is 297 g/mol. The van der Waals surface area contributed by atoms with Crippen LogP contribution in [0.3, 0.4) is 0 Å². The van der Waals surface area contributed by atoms with Gasteiger partial charge in [0, 0.05) is 10.9 Å². The number of carboxylic acids is 1. The van der Waals surface area contributed by atoms with Crippen molar-refractivity contribution < 1.29 is 14.3 Å². The maximum absolute atomic E-state index is 13.1. The Morgan fingerprint density at radius 2 is 1.73 bits per heavy atom. The van der Waals surface area contributed by atoms with Crippen LogP contribution >= 0.6 is 0 Å². The van der Waals surface area contributed by atoms with Crippen LogP contribution in [-0.2, 0) is 11.2 Å². The second-order valence-corrected chi connectivity index (χ2v) is 5.51. The number of aliphatic carboxylic acids is 1. The van der Waals surface area contributed by atoms with Gasteiger partial charge in [-0.05, 0) is 60.4 Å². The third-order valence-electron chi connectivity index (χ3n) is 3.94. The van der Waals surface area contributed by atoms with E-state index in [2.05, 4.69) is 4.98 Å². The Morgan fingerprint density at radius 1 is 1.09 bits per heavy atom. The van der Waals surface area contributed by atoms with E-state index in [1.165, 1.54) is 12.1 Å². The van der Waals surface area contributed by atoms with Gasteiger partial charge < -0.3 is 10.1 Å². The van der Waals surface area contributed by atoms with Crippen molar-refractivity contribution in [2.24, 2.45) is 0 Å². The van der Waals surface area contributed by atoms with E-state index in [1.807, 2.05) is 26.0 Å². The van der Waals surface area contributed by atoms with E-state index >= 15 is 0 Å². The molecule has 0 aliphatic carbocycles. The molecule has 2 aromatic carbocycles. The summed E-state index contributed by atoms with van der Waals surface area (Å²) in [6.45, 7) is 3.95. The number of hydrogen-bond donors (Lipinski definition) is 2. The SMILES string of the molecule is Cc1ccc(C)c2c(CC(=O)O)c(-c3ccc(F)cc3)[nH]c12. The summed E-state index contributed by atoms with van der Waals surface area (Å²) >= 11 is 0. The number of carboxylic acid groups (broad SMARTS) is 1. The summed E-state index contributed by atoms with van der Waals surface area (Å²) in [4.78, 5) is 14.6. The van der Waals surface area contributed by atoms with Gasteiger partial charge in [0.05, 0.1) is 12.1 Å². The lowest BCUT2D eigenvalue weighted by molar-refractivity contribution is -0.136. The molecule has 1 heterocycles. The third-order valence-corrected chi connectivity index (χ3v) is 3.94. The van der Waals surface area contributed by atoms with Gasteiger partial charge in [-0.2, -0.15) is 0 Å². The van der Waals surface area contributed by atoms with Crippen molar-refractivity contribution in [1.82, 2.24) is 4.98 Å². The quantitative estimate of drug-likeness (QED) is 0.760. The fourth-order valence-corrected chi connectivity index (χ4v) is 2.88. The molecule has 3 rings (SSSR count). The Hall–Kier alpha value is -2.62. The number of aromatic nitrogens is 1. The van der Waals surface area contributed by atoms with Gasteiger partial charge in [0.2, 0.25) is 0 Å². The van der Waals surface area contributed by atoms with E-state index in [1.54, 1.807) is 12.1 Å². The minimum Gasteiger partial charge on any atom is -0.481 e. The second-order valence-electron chi connectivity index (χ2n) is 5.51.